The van der Waals surface area contributed by atoms with E-state index >= 15 is 0 Å². The van der Waals surface area contributed by atoms with Crippen molar-refractivity contribution in [3.8, 4) is 22.8 Å². The number of thioether (sulfide) groups is 1. The number of ether oxygens (including phenoxy) is 2. The molecule has 2 amide bonds. The summed E-state index contributed by atoms with van der Waals surface area (Å²) in [7, 11) is 4.64. The second-order valence-electron chi connectivity index (χ2n) is 6.01. The number of hydrogen-bond donors (Lipinski definition) is 2. The zero-order valence-electron chi connectivity index (χ0n) is 16.7. The molecule has 0 unspecified atom stereocenters. The van der Waals surface area contributed by atoms with Crippen molar-refractivity contribution >= 4 is 39.9 Å². The fourth-order valence-electron chi connectivity index (χ4n) is 2.59. The highest BCUT2D eigenvalue weighted by molar-refractivity contribution is 8.01. The molecule has 0 saturated heterocycles. The molecule has 0 spiro atoms. The van der Waals surface area contributed by atoms with Crippen LogP contribution in [0.25, 0.3) is 11.3 Å². The standard InChI is InChI=1S/C21H21N3O4S2/c1-22-17(25)12-29-21-23-18(13-7-5-4-6-8-13)20(30-21)24-19(26)15-10-9-14(27-2)11-16(15)28-3/h4-11H,12H2,1-3H3,(H,22,25)(H,24,26). The van der Waals surface area contributed by atoms with Gasteiger partial charge in [0.25, 0.3) is 5.91 Å². The molecule has 0 aliphatic heterocycles. The Morgan fingerprint density at radius 1 is 1.10 bits per heavy atom. The Balaban J connectivity index is 1.91. The number of carbonyl (C=O) groups excluding carboxylic acids is 2. The van der Waals surface area contributed by atoms with Gasteiger partial charge < -0.3 is 20.1 Å². The largest absolute Gasteiger partial charge is 0.497 e. The van der Waals surface area contributed by atoms with Gasteiger partial charge in [0.15, 0.2) is 4.34 Å². The number of rotatable bonds is 8. The lowest BCUT2D eigenvalue weighted by Crippen LogP contribution is -2.19. The molecule has 0 aliphatic rings. The van der Waals surface area contributed by atoms with Crippen LogP contribution < -0.4 is 20.1 Å². The maximum Gasteiger partial charge on any atom is 0.260 e. The second-order valence-corrected chi connectivity index (χ2v) is 8.23. The van der Waals surface area contributed by atoms with Gasteiger partial charge in [0, 0.05) is 18.7 Å². The lowest BCUT2D eigenvalue weighted by molar-refractivity contribution is -0.118. The van der Waals surface area contributed by atoms with Crippen LogP contribution in [0.3, 0.4) is 0 Å². The first kappa shape index (κ1) is 21.7. The molecule has 9 heteroatoms. The normalized spacial score (nSPS) is 10.4. The van der Waals surface area contributed by atoms with Crippen LogP contribution in [-0.2, 0) is 4.79 Å². The lowest BCUT2D eigenvalue weighted by Gasteiger charge is -2.10. The topological polar surface area (TPSA) is 89.6 Å². The average molecular weight is 444 g/mol. The quantitative estimate of drug-likeness (QED) is 0.513. The molecule has 1 aromatic heterocycles. The third-order valence-electron chi connectivity index (χ3n) is 4.14. The predicted molar refractivity (Wildman–Crippen MR) is 120 cm³/mol. The molecule has 0 bridgehead atoms. The highest BCUT2D eigenvalue weighted by Gasteiger charge is 2.19. The van der Waals surface area contributed by atoms with Gasteiger partial charge in [-0.15, -0.1) is 0 Å². The number of thiazole rings is 1. The maximum absolute atomic E-state index is 13.0. The minimum absolute atomic E-state index is 0.0926. The highest BCUT2D eigenvalue weighted by atomic mass is 32.2. The molecule has 2 aromatic carbocycles. The summed E-state index contributed by atoms with van der Waals surface area (Å²) in [5, 5.41) is 6.13. The van der Waals surface area contributed by atoms with E-state index < -0.39 is 0 Å². The van der Waals surface area contributed by atoms with Crippen molar-refractivity contribution < 1.29 is 19.1 Å². The zero-order valence-corrected chi connectivity index (χ0v) is 18.4. The Hall–Kier alpha value is -3.04. The molecule has 2 N–H and O–H groups in total. The van der Waals surface area contributed by atoms with E-state index in [4.69, 9.17) is 9.47 Å². The van der Waals surface area contributed by atoms with Crippen LogP contribution in [0, 0.1) is 0 Å². The molecule has 7 nitrogen and oxygen atoms in total. The van der Waals surface area contributed by atoms with Gasteiger partial charge in [-0.1, -0.05) is 53.4 Å². The highest BCUT2D eigenvalue weighted by Crippen LogP contribution is 2.38. The van der Waals surface area contributed by atoms with Crippen molar-refractivity contribution in [2.45, 2.75) is 4.34 Å². The number of anilines is 1. The minimum Gasteiger partial charge on any atom is -0.497 e. The van der Waals surface area contributed by atoms with Crippen LogP contribution in [0.1, 0.15) is 10.4 Å². The van der Waals surface area contributed by atoms with Crippen molar-refractivity contribution in [3.63, 3.8) is 0 Å². The van der Waals surface area contributed by atoms with Crippen molar-refractivity contribution in [1.82, 2.24) is 10.3 Å². The summed E-state index contributed by atoms with van der Waals surface area (Å²) < 4.78 is 11.2. The Morgan fingerprint density at radius 3 is 2.53 bits per heavy atom. The number of aromatic nitrogens is 1. The molecule has 3 rings (SSSR count). The first-order valence-electron chi connectivity index (χ1n) is 8.98. The molecule has 0 fully saturated rings. The molecular formula is C21H21N3O4S2. The summed E-state index contributed by atoms with van der Waals surface area (Å²) in [5.41, 5.74) is 1.91. The van der Waals surface area contributed by atoms with E-state index in [1.807, 2.05) is 30.3 Å². The molecule has 1 heterocycles. The number of nitrogens with one attached hydrogen (secondary N) is 2. The van der Waals surface area contributed by atoms with Gasteiger partial charge >= 0.3 is 0 Å². The smallest absolute Gasteiger partial charge is 0.260 e. The molecule has 0 radical (unpaired) electrons. The van der Waals surface area contributed by atoms with E-state index in [-0.39, 0.29) is 17.6 Å². The van der Waals surface area contributed by atoms with Crippen LogP contribution in [-0.4, -0.2) is 43.8 Å². The molecule has 3 aromatic rings. The zero-order chi connectivity index (χ0) is 21.5. The molecule has 0 atom stereocenters. The minimum atomic E-state index is -0.321. The Labute approximate surface area is 182 Å². The fourth-order valence-corrected chi connectivity index (χ4v) is 4.53. The van der Waals surface area contributed by atoms with Crippen LogP contribution in [0.15, 0.2) is 52.9 Å². The maximum atomic E-state index is 13.0. The van der Waals surface area contributed by atoms with E-state index in [0.717, 1.165) is 5.56 Å². The van der Waals surface area contributed by atoms with E-state index in [9.17, 15) is 9.59 Å². The Morgan fingerprint density at radius 2 is 1.87 bits per heavy atom. The summed E-state index contributed by atoms with van der Waals surface area (Å²) in [5.74, 6) is 0.840. The molecule has 0 aliphatic carbocycles. The van der Waals surface area contributed by atoms with Crippen LogP contribution in [0.4, 0.5) is 5.00 Å². The first-order chi connectivity index (χ1) is 14.5. The van der Waals surface area contributed by atoms with Crippen LogP contribution >= 0.6 is 23.1 Å². The second kappa shape index (κ2) is 10.1. The number of carbonyl (C=O) groups is 2. The Bertz CT molecular complexity index is 1040. The number of amides is 2. The predicted octanol–water partition coefficient (Wildman–Crippen LogP) is 3.92. The lowest BCUT2D eigenvalue weighted by atomic mass is 10.1. The van der Waals surface area contributed by atoms with Gasteiger partial charge in [0.05, 0.1) is 25.5 Å². The van der Waals surface area contributed by atoms with Gasteiger partial charge in [-0.2, -0.15) is 0 Å². The third-order valence-corrected chi connectivity index (χ3v) is 6.25. The van der Waals surface area contributed by atoms with Gasteiger partial charge in [-0.25, -0.2) is 4.98 Å². The van der Waals surface area contributed by atoms with Crippen molar-refractivity contribution in [1.29, 1.82) is 0 Å². The van der Waals surface area contributed by atoms with Gasteiger partial charge in [-0.05, 0) is 12.1 Å². The number of hydrogen-bond acceptors (Lipinski definition) is 7. The average Bonchev–Trinajstić information content (AvgIpc) is 3.19. The molecule has 0 saturated carbocycles. The summed E-state index contributed by atoms with van der Waals surface area (Å²) >= 11 is 2.65. The third kappa shape index (κ3) is 5.11. The van der Waals surface area contributed by atoms with E-state index in [1.165, 1.54) is 30.2 Å². The Kier molecular flexibility index (Phi) is 7.31. The van der Waals surface area contributed by atoms with Crippen molar-refractivity contribution in [2.24, 2.45) is 0 Å². The number of nitrogens with zero attached hydrogens (tertiary/aromatic N) is 1. The van der Waals surface area contributed by atoms with Crippen LogP contribution in [0.2, 0.25) is 0 Å². The van der Waals surface area contributed by atoms with E-state index in [2.05, 4.69) is 15.6 Å². The SMILES string of the molecule is CNC(=O)CSc1nc(-c2ccccc2)c(NC(=O)c2ccc(OC)cc2OC)s1. The fraction of sp³-hybridized carbons (Fsp3) is 0.190. The number of methoxy groups -OCH3 is 2. The first-order valence-corrected chi connectivity index (χ1v) is 10.8. The van der Waals surface area contributed by atoms with Gasteiger partial charge in [0.1, 0.15) is 22.2 Å². The van der Waals surface area contributed by atoms with E-state index in [0.29, 0.717) is 32.1 Å². The summed E-state index contributed by atoms with van der Waals surface area (Å²) in [6.45, 7) is 0. The summed E-state index contributed by atoms with van der Waals surface area (Å²) in [6.07, 6.45) is 0. The molecule has 30 heavy (non-hydrogen) atoms. The van der Waals surface area contributed by atoms with Crippen molar-refractivity contribution in [3.05, 3.63) is 54.1 Å². The molecule has 156 valence electrons. The number of benzene rings is 2. The summed E-state index contributed by atoms with van der Waals surface area (Å²) in [6, 6.07) is 14.6. The van der Waals surface area contributed by atoms with Crippen LogP contribution in [0.5, 0.6) is 11.5 Å². The van der Waals surface area contributed by atoms with Gasteiger partial charge in [0.2, 0.25) is 5.91 Å². The van der Waals surface area contributed by atoms with E-state index in [1.54, 1.807) is 32.4 Å². The monoisotopic (exact) mass is 443 g/mol. The molecular weight excluding hydrogens is 422 g/mol. The summed E-state index contributed by atoms with van der Waals surface area (Å²) in [4.78, 5) is 29.2. The van der Waals surface area contributed by atoms with Crippen molar-refractivity contribution in [2.75, 3.05) is 32.3 Å². The van der Waals surface area contributed by atoms with Gasteiger partial charge in [-0.3, -0.25) is 9.59 Å².